The lowest BCUT2D eigenvalue weighted by Crippen LogP contribution is -2.28. The van der Waals surface area contributed by atoms with Crippen molar-refractivity contribution >= 4 is 40.1 Å². The quantitative estimate of drug-likeness (QED) is 0.697. The molecular formula is C16H16ClFN6O. The van der Waals surface area contributed by atoms with Gasteiger partial charge in [-0.25, -0.2) is 24.3 Å². The summed E-state index contributed by atoms with van der Waals surface area (Å²) in [4.78, 5) is 19.0. The van der Waals surface area contributed by atoms with Crippen LogP contribution in [0.25, 0.3) is 11.0 Å². The van der Waals surface area contributed by atoms with Crippen LogP contribution in [0.2, 0.25) is 5.02 Å². The van der Waals surface area contributed by atoms with Gasteiger partial charge in [0.2, 0.25) is 5.95 Å². The van der Waals surface area contributed by atoms with Crippen molar-refractivity contribution in [2.45, 2.75) is 6.92 Å². The highest BCUT2D eigenvalue weighted by Gasteiger charge is 2.12. The van der Waals surface area contributed by atoms with Crippen molar-refractivity contribution < 1.29 is 9.50 Å². The first kappa shape index (κ1) is 17.2. The number of likely N-dealkylation sites (N-methyl/N-ethyl adjacent to an activating group) is 1. The average molecular weight is 363 g/mol. The number of anilines is 3. The molecule has 0 aliphatic heterocycles. The lowest BCUT2D eigenvalue weighted by Gasteiger charge is -2.19. The Balaban J connectivity index is 2.00. The number of fused-ring (bicyclic) bond motifs is 1. The molecule has 0 fully saturated rings. The highest BCUT2D eigenvalue weighted by Crippen LogP contribution is 2.25. The van der Waals surface area contributed by atoms with E-state index in [1.807, 2.05) is 11.8 Å². The van der Waals surface area contributed by atoms with Crippen LogP contribution < -0.4 is 10.2 Å². The van der Waals surface area contributed by atoms with Gasteiger partial charge in [-0.05, 0) is 25.1 Å². The summed E-state index contributed by atoms with van der Waals surface area (Å²) in [5.41, 5.74) is 1.66. The number of hydrogen-bond donors (Lipinski definition) is 2. The first-order valence-electron chi connectivity index (χ1n) is 7.68. The van der Waals surface area contributed by atoms with Crippen LogP contribution in [0.3, 0.4) is 0 Å². The largest absolute Gasteiger partial charge is 0.395 e. The smallest absolute Gasteiger partial charge is 0.226 e. The van der Waals surface area contributed by atoms with E-state index < -0.39 is 5.82 Å². The number of hydrogen-bond acceptors (Lipinski definition) is 7. The van der Waals surface area contributed by atoms with E-state index in [2.05, 4.69) is 25.3 Å². The van der Waals surface area contributed by atoms with E-state index in [0.717, 1.165) is 0 Å². The van der Waals surface area contributed by atoms with Crippen LogP contribution in [-0.4, -0.2) is 44.7 Å². The second-order valence-electron chi connectivity index (χ2n) is 5.18. The summed E-state index contributed by atoms with van der Waals surface area (Å²) in [5.74, 6) is 0.433. The molecule has 0 radical (unpaired) electrons. The van der Waals surface area contributed by atoms with Gasteiger partial charge >= 0.3 is 0 Å². The summed E-state index contributed by atoms with van der Waals surface area (Å²) < 4.78 is 13.3. The zero-order chi connectivity index (χ0) is 17.8. The molecule has 0 saturated heterocycles. The van der Waals surface area contributed by atoms with Crippen LogP contribution in [0.15, 0.2) is 30.7 Å². The molecule has 0 amide bonds. The van der Waals surface area contributed by atoms with Crippen LogP contribution in [0.5, 0.6) is 0 Å². The fraction of sp³-hybridized carbons (Fsp3) is 0.250. The minimum absolute atomic E-state index is 0.000285. The van der Waals surface area contributed by atoms with E-state index in [1.54, 1.807) is 12.3 Å². The van der Waals surface area contributed by atoms with Gasteiger partial charge in [0, 0.05) is 18.8 Å². The van der Waals surface area contributed by atoms with E-state index in [0.29, 0.717) is 41.6 Å². The maximum atomic E-state index is 13.3. The molecule has 130 valence electrons. The molecular weight excluding hydrogens is 347 g/mol. The van der Waals surface area contributed by atoms with Crippen molar-refractivity contribution in [3.05, 3.63) is 41.6 Å². The molecule has 0 saturated carbocycles. The maximum absolute atomic E-state index is 13.3. The van der Waals surface area contributed by atoms with Crippen LogP contribution >= 0.6 is 11.6 Å². The Morgan fingerprint density at radius 1 is 1.28 bits per heavy atom. The fourth-order valence-electron chi connectivity index (χ4n) is 2.32. The third-order valence-corrected chi connectivity index (χ3v) is 3.87. The minimum Gasteiger partial charge on any atom is -0.395 e. The number of nitrogens with one attached hydrogen (secondary N) is 1. The number of nitrogens with zero attached hydrogens (tertiary/aromatic N) is 5. The van der Waals surface area contributed by atoms with Gasteiger partial charge in [0.05, 0.1) is 17.8 Å². The third kappa shape index (κ3) is 3.75. The topological polar surface area (TPSA) is 87.1 Å². The molecule has 9 heteroatoms. The summed E-state index contributed by atoms with van der Waals surface area (Å²) in [6, 6.07) is 4.30. The zero-order valence-corrected chi connectivity index (χ0v) is 14.2. The molecule has 0 aliphatic carbocycles. The molecule has 1 aromatic carbocycles. The summed E-state index contributed by atoms with van der Waals surface area (Å²) in [6.45, 7) is 3.02. The Bertz CT molecular complexity index is 894. The Morgan fingerprint density at radius 2 is 2.12 bits per heavy atom. The Labute approximate surface area is 148 Å². The molecule has 2 aromatic heterocycles. The first-order chi connectivity index (χ1) is 12.1. The normalized spacial score (nSPS) is 10.9. The molecule has 0 spiro atoms. The number of benzene rings is 1. The lowest BCUT2D eigenvalue weighted by atomic mass is 10.3. The average Bonchev–Trinajstić information content (AvgIpc) is 2.63. The minimum atomic E-state index is -0.494. The van der Waals surface area contributed by atoms with Crippen LogP contribution in [0.4, 0.5) is 21.8 Å². The van der Waals surface area contributed by atoms with Crippen molar-refractivity contribution in [3.63, 3.8) is 0 Å². The number of rotatable bonds is 6. The van der Waals surface area contributed by atoms with Crippen LogP contribution in [0.1, 0.15) is 6.92 Å². The van der Waals surface area contributed by atoms with Crippen molar-refractivity contribution in [1.29, 1.82) is 0 Å². The monoisotopic (exact) mass is 362 g/mol. The molecule has 2 N–H and O–H groups in total. The molecule has 7 nitrogen and oxygen atoms in total. The molecule has 3 rings (SSSR count). The van der Waals surface area contributed by atoms with Gasteiger partial charge in [-0.2, -0.15) is 0 Å². The van der Waals surface area contributed by atoms with Gasteiger partial charge in [0.15, 0.2) is 5.82 Å². The Morgan fingerprint density at radius 3 is 2.84 bits per heavy atom. The number of aliphatic hydroxyl groups is 1. The van der Waals surface area contributed by atoms with Crippen molar-refractivity contribution in [3.8, 4) is 0 Å². The summed E-state index contributed by atoms with van der Waals surface area (Å²) >= 11 is 5.81. The number of halogens is 2. The van der Waals surface area contributed by atoms with E-state index >= 15 is 0 Å². The standard InChI is InChI=1S/C16H16ClFN6O/c1-2-24(5-6-25)16-19-8-13-14(23-16)15(21-9-20-13)22-10-3-4-12(18)11(17)7-10/h3-4,7-9,25H,2,5-6H2,1H3,(H,20,21,22). The van der Waals surface area contributed by atoms with Crippen molar-refractivity contribution in [2.75, 3.05) is 29.9 Å². The number of aliphatic hydroxyl groups excluding tert-OH is 1. The third-order valence-electron chi connectivity index (χ3n) is 3.58. The van der Waals surface area contributed by atoms with E-state index in [-0.39, 0.29) is 11.6 Å². The highest BCUT2D eigenvalue weighted by atomic mass is 35.5. The first-order valence-corrected chi connectivity index (χ1v) is 8.05. The van der Waals surface area contributed by atoms with E-state index in [4.69, 9.17) is 16.7 Å². The van der Waals surface area contributed by atoms with Gasteiger partial charge in [-0.3, -0.25) is 0 Å². The van der Waals surface area contributed by atoms with Gasteiger partial charge < -0.3 is 15.3 Å². The van der Waals surface area contributed by atoms with Gasteiger partial charge in [-0.15, -0.1) is 0 Å². The molecule has 0 aliphatic rings. The molecule has 25 heavy (non-hydrogen) atoms. The van der Waals surface area contributed by atoms with Crippen molar-refractivity contribution in [2.24, 2.45) is 0 Å². The zero-order valence-electron chi connectivity index (χ0n) is 13.4. The van der Waals surface area contributed by atoms with Gasteiger partial charge in [0.25, 0.3) is 0 Å². The Hall–Kier alpha value is -2.58. The Kier molecular flexibility index (Phi) is 5.20. The van der Waals surface area contributed by atoms with E-state index in [1.165, 1.54) is 18.5 Å². The van der Waals surface area contributed by atoms with Crippen LogP contribution in [-0.2, 0) is 0 Å². The van der Waals surface area contributed by atoms with Gasteiger partial charge in [-0.1, -0.05) is 11.6 Å². The second-order valence-corrected chi connectivity index (χ2v) is 5.59. The fourth-order valence-corrected chi connectivity index (χ4v) is 2.50. The summed E-state index contributed by atoms with van der Waals surface area (Å²) in [7, 11) is 0. The molecule has 3 aromatic rings. The molecule has 0 bridgehead atoms. The number of aromatic nitrogens is 4. The molecule has 0 atom stereocenters. The summed E-state index contributed by atoms with van der Waals surface area (Å²) in [5, 5.41) is 12.2. The highest BCUT2D eigenvalue weighted by molar-refractivity contribution is 6.31. The second kappa shape index (κ2) is 7.54. The SMILES string of the molecule is CCN(CCO)c1ncc2ncnc(Nc3ccc(F)c(Cl)c3)c2n1. The van der Waals surface area contributed by atoms with Crippen molar-refractivity contribution in [1.82, 2.24) is 19.9 Å². The van der Waals surface area contributed by atoms with Gasteiger partial charge in [0.1, 0.15) is 23.2 Å². The molecule has 2 heterocycles. The van der Waals surface area contributed by atoms with Crippen LogP contribution in [0, 0.1) is 5.82 Å². The maximum Gasteiger partial charge on any atom is 0.226 e. The lowest BCUT2D eigenvalue weighted by molar-refractivity contribution is 0.302. The van der Waals surface area contributed by atoms with E-state index in [9.17, 15) is 4.39 Å². The molecule has 0 unspecified atom stereocenters. The predicted molar refractivity (Wildman–Crippen MR) is 94.8 cm³/mol. The summed E-state index contributed by atoms with van der Waals surface area (Å²) in [6.07, 6.45) is 2.99. The predicted octanol–water partition coefficient (Wildman–Crippen LogP) is 2.77.